The molecule has 0 radical (unpaired) electrons. The van der Waals surface area contributed by atoms with E-state index in [4.69, 9.17) is 14.7 Å². The topological polar surface area (TPSA) is 125 Å². The number of methoxy groups -OCH3 is 2. The number of nitrogens with one attached hydrogen (secondary N) is 1. The summed E-state index contributed by atoms with van der Waals surface area (Å²) in [6, 6.07) is 5.65. The van der Waals surface area contributed by atoms with Gasteiger partial charge in [-0.2, -0.15) is 4.31 Å². The molecule has 1 aliphatic heterocycles. The van der Waals surface area contributed by atoms with Gasteiger partial charge in [0.2, 0.25) is 15.9 Å². The quantitative estimate of drug-likeness (QED) is 0.472. The molecule has 0 unspecified atom stereocenters. The molecule has 1 aromatic carbocycles. The third-order valence-corrected chi connectivity index (χ3v) is 5.85. The van der Waals surface area contributed by atoms with E-state index >= 15 is 0 Å². The number of carbonyl (C=O) groups is 2. The van der Waals surface area contributed by atoms with Gasteiger partial charge in [0, 0.05) is 26.6 Å². The van der Waals surface area contributed by atoms with Gasteiger partial charge in [-0.05, 0) is 24.3 Å². The van der Waals surface area contributed by atoms with Crippen molar-refractivity contribution in [1.82, 2.24) is 14.7 Å². The first kappa shape index (κ1) is 20.1. The molecular formula is C15H21N3O7S. The van der Waals surface area contributed by atoms with Crippen molar-refractivity contribution >= 4 is 21.8 Å². The van der Waals surface area contributed by atoms with Crippen LogP contribution < -0.4 is 10.2 Å². The minimum Gasteiger partial charge on any atom is -0.497 e. The SMILES string of the molecule is COCCN1C(=O)CCN(S(=O)(=O)c2ccc(OC)cc2)[C@@H]1C(=O)NO. The van der Waals surface area contributed by atoms with E-state index in [-0.39, 0.29) is 31.0 Å². The van der Waals surface area contributed by atoms with E-state index in [0.29, 0.717) is 5.75 Å². The molecule has 11 heteroatoms. The van der Waals surface area contributed by atoms with Crippen LogP contribution in [-0.2, 0) is 24.3 Å². The zero-order chi connectivity index (χ0) is 19.3. The molecule has 1 atom stereocenters. The van der Waals surface area contributed by atoms with Crippen molar-refractivity contribution < 1.29 is 32.7 Å². The summed E-state index contributed by atoms with van der Waals surface area (Å²) < 4.78 is 36.8. The highest BCUT2D eigenvalue weighted by atomic mass is 32.2. The van der Waals surface area contributed by atoms with Crippen molar-refractivity contribution in [3.63, 3.8) is 0 Å². The minimum absolute atomic E-state index is 0.00204. The van der Waals surface area contributed by atoms with E-state index in [2.05, 4.69) is 0 Å². The van der Waals surface area contributed by atoms with E-state index in [1.54, 1.807) is 0 Å². The zero-order valence-electron chi connectivity index (χ0n) is 14.4. The third-order valence-electron chi connectivity index (χ3n) is 3.98. The molecule has 1 heterocycles. The Morgan fingerprint density at radius 1 is 1.31 bits per heavy atom. The molecule has 1 aromatic rings. The number of benzene rings is 1. The number of sulfonamides is 1. The lowest BCUT2D eigenvalue weighted by Gasteiger charge is -2.41. The highest BCUT2D eigenvalue weighted by Crippen LogP contribution is 2.26. The van der Waals surface area contributed by atoms with E-state index in [0.717, 1.165) is 9.21 Å². The fraction of sp³-hybridized carbons (Fsp3) is 0.467. The molecule has 0 aromatic heterocycles. The minimum atomic E-state index is -4.10. The highest BCUT2D eigenvalue weighted by Gasteiger charge is 2.44. The molecular weight excluding hydrogens is 366 g/mol. The van der Waals surface area contributed by atoms with Crippen LogP contribution in [-0.4, -0.2) is 74.7 Å². The maximum absolute atomic E-state index is 13.0. The van der Waals surface area contributed by atoms with Crippen molar-refractivity contribution in [2.24, 2.45) is 0 Å². The Kier molecular flexibility index (Phi) is 6.53. The Labute approximate surface area is 151 Å². The Balaban J connectivity index is 2.42. The Morgan fingerprint density at radius 2 is 1.96 bits per heavy atom. The predicted molar refractivity (Wildman–Crippen MR) is 88.8 cm³/mol. The van der Waals surface area contributed by atoms with Crippen LogP contribution in [0.5, 0.6) is 5.75 Å². The number of hydrogen-bond donors (Lipinski definition) is 2. The highest BCUT2D eigenvalue weighted by molar-refractivity contribution is 7.89. The standard InChI is InChI=1S/C15H21N3O7S/c1-24-10-9-17-13(19)7-8-18(15(17)14(20)16-21)26(22,23)12-5-3-11(25-2)4-6-12/h3-6,15,21H,7-10H2,1-2H3,(H,16,20)/t15-/m1/s1. The number of carbonyl (C=O) groups excluding carboxylic acids is 2. The fourth-order valence-corrected chi connectivity index (χ4v) is 4.22. The Hall–Kier alpha value is -2.21. The summed E-state index contributed by atoms with van der Waals surface area (Å²) in [6.07, 6.45) is -1.60. The first-order valence-electron chi connectivity index (χ1n) is 7.75. The molecule has 2 N–H and O–H groups in total. The lowest BCUT2D eigenvalue weighted by molar-refractivity contribution is -0.154. The predicted octanol–water partition coefficient (Wildman–Crippen LogP) is -0.604. The van der Waals surface area contributed by atoms with Gasteiger partial charge in [-0.25, -0.2) is 13.9 Å². The summed E-state index contributed by atoms with van der Waals surface area (Å²) >= 11 is 0. The van der Waals surface area contributed by atoms with E-state index in [1.165, 1.54) is 44.0 Å². The lowest BCUT2D eigenvalue weighted by Crippen LogP contribution is -2.63. The second-order valence-electron chi connectivity index (χ2n) is 5.47. The van der Waals surface area contributed by atoms with E-state index < -0.39 is 28.0 Å². The van der Waals surface area contributed by atoms with Gasteiger partial charge in [0.1, 0.15) is 5.75 Å². The molecule has 144 valence electrons. The van der Waals surface area contributed by atoms with Crippen LogP contribution in [0.2, 0.25) is 0 Å². The number of amides is 2. The summed E-state index contributed by atoms with van der Waals surface area (Å²) in [6.45, 7) is -0.0752. The molecule has 26 heavy (non-hydrogen) atoms. The molecule has 2 amide bonds. The average molecular weight is 387 g/mol. The fourth-order valence-electron chi connectivity index (χ4n) is 2.66. The van der Waals surface area contributed by atoms with Crippen LogP contribution in [0.15, 0.2) is 29.2 Å². The van der Waals surface area contributed by atoms with Gasteiger partial charge in [-0.3, -0.25) is 14.8 Å². The van der Waals surface area contributed by atoms with Gasteiger partial charge in [0.05, 0.1) is 18.6 Å². The van der Waals surface area contributed by atoms with Gasteiger partial charge in [-0.1, -0.05) is 0 Å². The van der Waals surface area contributed by atoms with Crippen molar-refractivity contribution in [2.75, 3.05) is 33.9 Å². The number of ether oxygens (including phenoxy) is 2. The van der Waals surface area contributed by atoms with Gasteiger partial charge in [-0.15, -0.1) is 0 Å². The number of nitrogens with zero attached hydrogens (tertiary/aromatic N) is 2. The smallest absolute Gasteiger partial charge is 0.282 e. The van der Waals surface area contributed by atoms with Crippen LogP contribution in [0.4, 0.5) is 0 Å². The van der Waals surface area contributed by atoms with E-state index in [1.807, 2.05) is 0 Å². The summed E-state index contributed by atoms with van der Waals surface area (Å²) in [7, 11) is -1.23. The van der Waals surface area contributed by atoms with Crippen molar-refractivity contribution in [2.45, 2.75) is 17.5 Å². The molecule has 0 spiro atoms. The molecule has 1 saturated heterocycles. The number of rotatable bonds is 7. The molecule has 1 aliphatic rings. The van der Waals surface area contributed by atoms with Crippen LogP contribution in [0.1, 0.15) is 6.42 Å². The zero-order valence-corrected chi connectivity index (χ0v) is 15.2. The average Bonchev–Trinajstić information content (AvgIpc) is 2.66. The molecule has 0 aliphatic carbocycles. The monoisotopic (exact) mass is 387 g/mol. The largest absolute Gasteiger partial charge is 0.497 e. The molecule has 0 saturated carbocycles. The molecule has 1 fully saturated rings. The van der Waals surface area contributed by atoms with Crippen molar-refractivity contribution in [3.8, 4) is 5.75 Å². The number of hydrogen-bond acceptors (Lipinski definition) is 7. The summed E-state index contributed by atoms with van der Waals surface area (Å²) in [5, 5.41) is 9.03. The van der Waals surface area contributed by atoms with Gasteiger partial charge < -0.3 is 14.4 Å². The maximum atomic E-state index is 13.0. The Morgan fingerprint density at radius 3 is 2.50 bits per heavy atom. The van der Waals surface area contributed by atoms with Crippen LogP contribution in [0.25, 0.3) is 0 Å². The van der Waals surface area contributed by atoms with Crippen molar-refractivity contribution in [3.05, 3.63) is 24.3 Å². The van der Waals surface area contributed by atoms with Gasteiger partial charge in [0.15, 0.2) is 6.17 Å². The second kappa shape index (κ2) is 8.45. The van der Waals surface area contributed by atoms with E-state index in [9.17, 15) is 18.0 Å². The number of hydroxylamine groups is 1. The Bertz CT molecular complexity index is 751. The summed E-state index contributed by atoms with van der Waals surface area (Å²) in [5.41, 5.74) is 1.43. The van der Waals surface area contributed by atoms with Crippen LogP contribution >= 0.6 is 0 Å². The van der Waals surface area contributed by atoms with Gasteiger partial charge >= 0.3 is 0 Å². The normalized spacial score (nSPS) is 18.7. The molecule has 2 rings (SSSR count). The van der Waals surface area contributed by atoms with Crippen molar-refractivity contribution in [1.29, 1.82) is 0 Å². The molecule has 0 bridgehead atoms. The summed E-state index contributed by atoms with van der Waals surface area (Å²) in [4.78, 5) is 25.4. The second-order valence-corrected chi connectivity index (χ2v) is 7.36. The van der Waals surface area contributed by atoms with Gasteiger partial charge in [0.25, 0.3) is 5.91 Å². The third kappa shape index (κ3) is 3.96. The lowest BCUT2D eigenvalue weighted by atomic mass is 10.2. The molecule has 10 nitrogen and oxygen atoms in total. The summed E-state index contributed by atoms with van der Waals surface area (Å²) in [5.74, 6) is -0.952. The van der Waals surface area contributed by atoms with Crippen LogP contribution in [0, 0.1) is 0 Å². The first-order valence-corrected chi connectivity index (χ1v) is 9.19. The first-order chi connectivity index (χ1) is 12.4. The maximum Gasteiger partial charge on any atom is 0.282 e. The van der Waals surface area contributed by atoms with Crippen LogP contribution in [0.3, 0.4) is 0 Å².